The van der Waals surface area contributed by atoms with Crippen molar-refractivity contribution in [1.82, 2.24) is 20.2 Å². The van der Waals surface area contributed by atoms with Crippen LogP contribution in [-0.2, 0) is 11.3 Å². The Morgan fingerprint density at radius 2 is 2.25 bits per heavy atom. The first-order valence-electron chi connectivity index (χ1n) is 6.58. The summed E-state index contributed by atoms with van der Waals surface area (Å²) < 4.78 is 0. The van der Waals surface area contributed by atoms with E-state index in [-0.39, 0.29) is 22.9 Å². The molecule has 3 aromatic rings. The van der Waals surface area contributed by atoms with E-state index in [0.717, 1.165) is 9.67 Å². The number of hydrogen-bond donors (Lipinski definition) is 1. The molecular weight excluding hydrogens is 356 g/mol. The summed E-state index contributed by atoms with van der Waals surface area (Å²) >= 11 is 7.18. The van der Waals surface area contributed by atoms with E-state index in [1.165, 1.54) is 29.5 Å². The average molecular weight is 365 g/mol. The van der Waals surface area contributed by atoms with Crippen LogP contribution >= 0.6 is 22.9 Å². The zero-order valence-corrected chi connectivity index (χ0v) is 13.5. The summed E-state index contributed by atoms with van der Waals surface area (Å²) in [5.74, 6) is -0.0123. The molecule has 0 radical (unpaired) electrons. The fourth-order valence-corrected chi connectivity index (χ4v) is 2.71. The quantitative estimate of drug-likeness (QED) is 0.549. The molecule has 0 aliphatic rings. The highest BCUT2D eigenvalue weighted by Crippen LogP contribution is 2.27. The van der Waals surface area contributed by atoms with Gasteiger partial charge in [0.1, 0.15) is 11.6 Å². The van der Waals surface area contributed by atoms with Crippen LogP contribution in [0.3, 0.4) is 0 Å². The Hall–Kier alpha value is -2.85. The van der Waals surface area contributed by atoms with Gasteiger partial charge in [-0.1, -0.05) is 17.7 Å². The van der Waals surface area contributed by atoms with Crippen molar-refractivity contribution in [2.45, 2.75) is 6.54 Å². The minimum absolute atomic E-state index is 0.00321. The van der Waals surface area contributed by atoms with E-state index >= 15 is 0 Å². The molecule has 0 saturated carbocycles. The van der Waals surface area contributed by atoms with Crippen molar-refractivity contribution < 1.29 is 9.72 Å². The van der Waals surface area contributed by atoms with Crippen LogP contribution in [0.4, 0.5) is 11.4 Å². The van der Waals surface area contributed by atoms with E-state index in [0.29, 0.717) is 5.82 Å². The molecule has 0 fully saturated rings. The zero-order valence-electron chi connectivity index (χ0n) is 11.9. The van der Waals surface area contributed by atoms with Gasteiger partial charge in [0.2, 0.25) is 11.7 Å². The smallest absolute Gasteiger partial charge is 0.289 e. The molecule has 1 amide bonds. The molecular formula is C13H9ClN6O3S. The topological polar surface area (TPSA) is 116 Å². The number of benzene rings is 1. The Kier molecular flexibility index (Phi) is 4.49. The number of nitrogens with one attached hydrogen (secondary N) is 1. The summed E-state index contributed by atoms with van der Waals surface area (Å²) in [4.78, 5) is 24.2. The average Bonchev–Trinajstić information content (AvgIpc) is 3.19. The van der Waals surface area contributed by atoms with Gasteiger partial charge in [-0.2, -0.15) is 4.80 Å². The molecule has 0 aliphatic heterocycles. The highest BCUT2D eigenvalue weighted by atomic mass is 35.5. The van der Waals surface area contributed by atoms with Gasteiger partial charge in [-0.05, 0) is 28.8 Å². The van der Waals surface area contributed by atoms with E-state index < -0.39 is 10.8 Å². The fourth-order valence-electron chi connectivity index (χ4n) is 1.87. The number of halogens is 1. The van der Waals surface area contributed by atoms with Crippen molar-refractivity contribution in [3.05, 3.63) is 50.8 Å². The Bertz CT molecular complexity index is 895. The lowest BCUT2D eigenvalue weighted by Gasteiger charge is -2.04. The number of amides is 1. The maximum atomic E-state index is 12.0. The zero-order chi connectivity index (χ0) is 17.1. The molecule has 2 heterocycles. The van der Waals surface area contributed by atoms with Gasteiger partial charge in [-0.3, -0.25) is 14.9 Å². The van der Waals surface area contributed by atoms with E-state index in [9.17, 15) is 14.9 Å². The number of aromatic nitrogens is 4. The lowest BCUT2D eigenvalue weighted by atomic mass is 10.3. The number of nitro groups is 1. The molecule has 3 rings (SSSR count). The highest BCUT2D eigenvalue weighted by Gasteiger charge is 2.15. The van der Waals surface area contributed by atoms with Gasteiger partial charge < -0.3 is 5.32 Å². The van der Waals surface area contributed by atoms with Gasteiger partial charge in [-0.15, -0.1) is 21.5 Å². The van der Waals surface area contributed by atoms with E-state index in [1.54, 1.807) is 0 Å². The summed E-state index contributed by atoms with van der Waals surface area (Å²) in [5.41, 5.74) is -0.0250. The fraction of sp³-hybridized carbons (Fsp3) is 0.0769. The summed E-state index contributed by atoms with van der Waals surface area (Å²) in [6.45, 7) is -0.172. The number of tetrazole rings is 1. The molecule has 1 aromatic carbocycles. The second-order valence-corrected chi connectivity index (χ2v) is 5.95. The summed E-state index contributed by atoms with van der Waals surface area (Å²) in [5, 5.41) is 27.0. The number of carbonyl (C=O) groups is 1. The molecule has 0 spiro atoms. The molecule has 24 heavy (non-hydrogen) atoms. The lowest BCUT2D eigenvalue weighted by molar-refractivity contribution is -0.384. The Morgan fingerprint density at radius 1 is 1.42 bits per heavy atom. The number of anilines is 1. The van der Waals surface area contributed by atoms with Crippen molar-refractivity contribution in [1.29, 1.82) is 0 Å². The van der Waals surface area contributed by atoms with Crippen LogP contribution in [0, 0.1) is 10.1 Å². The van der Waals surface area contributed by atoms with Crippen LogP contribution in [0.5, 0.6) is 0 Å². The van der Waals surface area contributed by atoms with Crippen LogP contribution in [0.25, 0.3) is 10.7 Å². The first-order valence-corrected chi connectivity index (χ1v) is 7.84. The molecule has 1 N–H and O–H groups in total. The van der Waals surface area contributed by atoms with Crippen molar-refractivity contribution in [2.75, 3.05) is 5.32 Å². The van der Waals surface area contributed by atoms with E-state index in [2.05, 4.69) is 20.7 Å². The van der Waals surface area contributed by atoms with Crippen molar-refractivity contribution in [3.8, 4) is 10.7 Å². The van der Waals surface area contributed by atoms with E-state index in [1.807, 2.05) is 17.5 Å². The van der Waals surface area contributed by atoms with Gasteiger partial charge in [-0.25, -0.2) is 0 Å². The van der Waals surface area contributed by atoms with Crippen LogP contribution in [0.2, 0.25) is 5.02 Å². The third kappa shape index (κ3) is 3.55. The van der Waals surface area contributed by atoms with Crippen LogP contribution < -0.4 is 5.32 Å². The summed E-state index contributed by atoms with van der Waals surface area (Å²) in [6.07, 6.45) is 0. The lowest BCUT2D eigenvalue weighted by Crippen LogP contribution is -2.20. The van der Waals surface area contributed by atoms with Crippen molar-refractivity contribution >= 4 is 40.2 Å². The largest absolute Gasteiger partial charge is 0.324 e. The third-order valence-electron chi connectivity index (χ3n) is 2.91. The molecule has 0 unspecified atom stereocenters. The first-order chi connectivity index (χ1) is 11.5. The maximum Gasteiger partial charge on any atom is 0.289 e. The third-order valence-corrected chi connectivity index (χ3v) is 4.09. The number of thiophene rings is 1. The van der Waals surface area contributed by atoms with Gasteiger partial charge in [0.25, 0.3) is 5.69 Å². The van der Waals surface area contributed by atoms with Gasteiger partial charge in [0.15, 0.2) is 0 Å². The molecule has 0 saturated heterocycles. The van der Waals surface area contributed by atoms with Crippen molar-refractivity contribution in [2.24, 2.45) is 0 Å². The van der Waals surface area contributed by atoms with Crippen LogP contribution in [0.15, 0.2) is 35.7 Å². The Labute approximate surface area is 144 Å². The number of nitro benzene ring substituents is 1. The summed E-state index contributed by atoms with van der Waals surface area (Å²) in [7, 11) is 0. The van der Waals surface area contributed by atoms with Crippen molar-refractivity contribution in [3.63, 3.8) is 0 Å². The first kappa shape index (κ1) is 16.0. The second kappa shape index (κ2) is 6.72. The van der Waals surface area contributed by atoms with Crippen LogP contribution in [0.1, 0.15) is 0 Å². The molecule has 122 valence electrons. The van der Waals surface area contributed by atoms with Gasteiger partial charge >= 0.3 is 0 Å². The minimum Gasteiger partial charge on any atom is -0.324 e. The number of rotatable bonds is 5. The maximum absolute atomic E-state index is 12.0. The number of carbonyl (C=O) groups excluding carboxylic acids is 1. The molecule has 2 aromatic heterocycles. The standard InChI is InChI=1S/C13H9ClN6O3S/c14-9-4-3-8(6-10(9)20(22)23)15-12(21)7-19-17-13(16-18-19)11-2-1-5-24-11/h1-6H,7H2,(H,15,21). The molecule has 0 bridgehead atoms. The number of hydrogen-bond acceptors (Lipinski definition) is 7. The Morgan fingerprint density at radius 3 is 2.96 bits per heavy atom. The minimum atomic E-state index is -0.621. The van der Waals surface area contributed by atoms with Gasteiger partial charge in [0, 0.05) is 11.8 Å². The van der Waals surface area contributed by atoms with E-state index in [4.69, 9.17) is 11.6 Å². The SMILES string of the molecule is O=C(Cn1nnc(-c2cccs2)n1)Nc1ccc(Cl)c([N+](=O)[O-])c1. The Balaban J connectivity index is 1.68. The predicted molar refractivity (Wildman–Crippen MR) is 87.9 cm³/mol. The molecule has 9 nitrogen and oxygen atoms in total. The molecule has 0 atom stereocenters. The second-order valence-electron chi connectivity index (χ2n) is 4.59. The monoisotopic (exact) mass is 364 g/mol. The highest BCUT2D eigenvalue weighted by molar-refractivity contribution is 7.13. The van der Waals surface area contributed by atoms with Crippen LogP contribution in [-0.4, -0.2) is 31.0 Å². The molecule has 11 heteroatoms. The number of nitrogens with zero attached hydrogens (tertiary/aromatic N) is 5. The summed E-state index contributed by atoms with van der Waals surface area (Å²) in [6, 6.07) is 7.71. The predicted octanol–water partition coefficient (Wildman–Crippen LogP) is 2.60. The van der Waals surface area contributed by atoms with Gasteiger partial charge in [0.05, 0.1) is 9.80 Å². The molecule has 0 aliphatic carbocycles. The normalized spacial score (nSPS) is 10.5.